The smallest absolute Gasteiger partial charge is 0.0642 e. The van der Waals surface area contributed by atoms with Gasteiger partial charge in [-0.15, -0.1) is 0 Å². The van der Waals surface area contributed by atoms with Crippen LogP contribution in [0.2, 0.25) is 5.02 Å². The van der Waals surface area contributed by atoms with Gasteiger partial charge in [0, 0.05) is 30.2 Å². The number of hydrogen-bond donors (Lipinski definition) is 1. The van der Waals surface area contributed by atoms with Gasteiger partial charge in [0.15, 0.2) is 0 Å². The van der Waals surface area contributed by atoms with Gasteiger partial charge in [-0.25, -0.2) is 0 Å². The Balaban J connectivity index is 2.38. The van der Waals surface area contributed by atoms with Crippen molar-refractivity contribution in [3.63, 3.8) is 0 Å². The molecule has 1 aromatic heterocycles. The maximum absolute atomic E-state index is 5.92. The van der Waals surface area contributed by atoms with Crippen molar-refractivity contribution >= 4 is 28.7 Å². The van der Waals surface area contributed by atoms with E-state index in [1.807, 2.05) is 36.2 Å². The first-order valence-corrected chi connectivity index (χ1v) is 5.25. The van der Waals surface area contributed by atoms with Crippen LogP contribution in [0.25, 0.3) is 0 Å². The monoisotopic (exact) mass is 233 g/mol. The molecule has 2 aromatic rings. The quantitative estimate of drug-likeness (QED) is 0.811. The summed E-state index contributed by atoms with van der Waals surface area (Å²) in [5.74, 6) is 0. The highest BCUT2D eigenvalue weighted by Gasteiger charge is 2.07. The Morgan fingerprint density at radius 2 is 1.88 bits per heavy atom. The van der Waals surface area contributed by atoms with E-state index in [0.29, 0.717) is 10.7 Å². The third kappa shape index (κ3) is 2.09. The molecular formula is C12H12ClN3. The summed E-state index contributed by atoms with van der Waals surface area (Å²) in [5.41, 5.74) is 8.53. The zero-order valence-electron chi connectivity index (χ0n) is 8.89. The van der Waals surface area contributed by atoms with Crippen molar-refractivity contribution in [1.29, 1.82) is 0 Å². The highest BCUT2D eigenvalue weighted by atomic mass is 35.5. The van der Waals surface area contributed by atoms with Crippen LogP contribution in [0.3, 0.4) is 0 Å². The number of nitrogen functional groups attached to an aromatic ring is 1. The first-order chi connectivity index (χ1) is 7.68. The highest BCUT2D eigenvalue weighted by molar-refractivity contribution is 6.31. The van der Waals surface area contributed by atoms with Crippen LogP contribution in [-0.4, -0.2) is 12.0 Å². The van der Waals surface area contributed by atoms with Gasteiger partial charge in [-0.2, -0.15) is 0 Å². The fourth-order valence-corrected chi connectivity index (χ4v) is 1.72. The van der Waals surface area contributed by atoms with Crippen molar-refractivity contribution in [2.45, 2.75) is 0 Å². The highest BCUT2D eigenvalue weighted by Crippen LogP contribution is 2.30. The van der Waals surface area contributed by atoms with Gasteiger partial charge in [0.1, 0.15) is 0 Å². The number of rotatable bonds is 2. The molecular weight excluding hydrogens is 222 g/mol. The lowest BCUT2D eigenvalue weighted by Crippen LogP contribution is -2.11. The summed E-state index contributed by atoms with van der Waals surface area (Å²) < 4.78 is 0. The molecule has 0 saturated heterocycles. The molecule has 0 amide bonds. The van der Waals surface area contributed by atoms with Gasteiger partial charge in [-0.1, -0.05) is 11.6 Å². The molecule has 82 valence electrons. The van der Waals surface area contributed by atoms with Crippen LogP contribution in [0.1, 0.15) is 0 Å². The van der Waals surface area contributed by atoms with Gasteiger partial charge in [0.2, 0.25) is 0 Å². The summed E-state index contributed by atoms with van der Waals surface area (Å²) in [6, 6.07) is 9.32. The Kier molecular flexibility index (Phi) is 2.97. The van der Waals surface area contributed by atoms with E-state index in [2.05, 4.69) is 4.98 Å². The number of nitrogens with two attached hydrogens (primary N) is 1. The van der Waals surface area contributed by atoms with E-state index < -0.39 is 0 Å². The first kappa shape index (κ1) is 10.8. The van der Waals surface area contributed by atoms with Crippen LogP contribution in [0.5, 0.6) is 0 Å². The fraction of sp³-hybridized carbons (Fsp3) is 0.0833. The molecule has 1 heterocycles. The molecule has 2 N–H and O–H groups in total. The molecule has 0 fully saturated rings. The minimum absolute atomic E-state index is 0.643. The molecule has 0 aliphatic rings. The van der Waals surface area contributed by atoms with Gasteiger partial charge >= 0.3 is 0 Å². The Labute approximate surface area is 99.5 Å². The standard InChI is InChI=1S/C12H12ClN3/c1-16(10-4-6-15-7-5-10)12-3-2-9(13)8-11(12)14/h2-8H,14H2,1H3. The first-order valence-electron chi connectivity index (χ1n) is 4.87. The van der Waals surface area contributed by atoms with Gasteiger partial charge in [-0.05, 0) is 30.3 Å². The summed E-state index contributed by atoms with van der Waals surface area (Å²) in [6.07, 6.45) is 3.50. The summed E-state index contributed by atoms with van der Waals surface area (Å²) in [4.78, 5) is 5.97. The molecule has 0 atom stereocenters. The Hall–Kier alpha value is -1.74. The molecule has 4 heteroatoms. The van der Waals surface area contributed by atoms with Crippen molar-refractivity contribution in [1.82, 2.24) is 4.98 Å². The van der Waals surface area contributed by atoms with Crippen molar-refractivity contribution in [3.8, 4) is 0 Å². The lowest BCUT2D eigenvalue weighted by molar-refractivity contribution is 1.19. The molecule has 0 spiro atoms. The van der Waals surface area contributed by atoms with E-state index >= 15 is 0 Å². The fourth-order valence-electron chi connectivity index (χ4n) is 1.54. The van der Waals surface area contributed by atoms with E-state index in [0.717, 1.165) is 11.4 Å². The van der Waals surface area contributed by atoms with Gasteiger partial charge < -0.3 is 10.6 Å². The molecule has 0 aliphatic carbocycles. The van der Waals surface area contributed by atoms with E-state index in [4.69, 9.17) is 17.3 Å². The molecule has 0 bridgehead atoms. The molecule has 0 saturated carbocycles. The van der Waals surface area contributed by atoms with Crippen molar-refractivity contribution in [2.24, 2.45) is 0 Å². The SMILES string of the molecule is CN(c1ccncc1)c1ccc(Cl)cc1N. The zero-order valence-corrected chi connectivity index (χ0v) is 9.65. The van der Waals surface area contributed by atoms with Crippen LogP contribution in [0.4, 0.5) is 17.1 Å². The zero-order chi connectivity index (χ0) is 11.5. The second kappa shape index (κ2) is 4.41. The van der Waals surface area contributed by atoms with Crippen LogP contribution < -0.4 is 10.6 Å². The molecule has 3 nitrogen and oxygen atoms in total. The Morgan fingerprint density at radius 3 is 2.50 bits per heavy atom. The number of halogens is 1. The van der Waals surface area contributed by atoms with Crippen molar-refractivity contribution < 1.29 is 0 Å². The largest absolute Gasteiger partial charge is 0.397 e. The minimum atomic E-state index is 0.643. The van der Waals surface area contributed by atoms with Gasteiger partial charge in [-0.3, -0.25) is 4.98 Å². The summed E-state index contributed by atoms with van der Waals surface area (Å²) in [6.45, 7) is 0. The molecule has 0 aliphatic heterocycles. The number of anilines is 3. The van der Waals surface area contributed by atoms with Gasteiger partial charge in [0.25, 0.3) is 0 Å². The van der Waals surface area contributed by atoms with Crippen molar-refractivity contribution in [3.05, 3.63) is 47.7 Å². The van der Waals surface area contributed by atoms with E-state index in [1.165, 1.54) is 0 Å². The summed E-state index contributed by atoms with van der Waals surface area (Å²) >= 11 is 5.86. The van der Waals surface area contributed by atoms with E-state index in [-0.39, 0.29) is 0 Å². The van der Waals surface area contributed by atoms with E-state index in [1.54, 1.807) is 18.5 Å². The van der Waals surface area contributed by atoms with Crippen LogP contribution >= 0.6 is 11.6 Å². The van der Waals surface area contributed by atoms with Crippen LogP contribution in [-0.2, 0) is 0 Å². The third-order valence-electron chi connectivity index (χ3n) is 2.40. The molecule has 16 heavy (non-hydrogen) atoms. The average Bonchev–Trinajstić information content (AvgIpc) is 2.29. The minimum Gasteiger partial charge on any atom is -0.397 e. The van der Waals surface area contributed by atoms with Crippen molar-refractivity contribution in [2.75, 3.05) is 17.7 Å². The predicted octanol–water partition coefficient (Wildman–Crippen LogP) is 3.09. The summed E-state index contributed by atoms with van der Waals surface area (Å²) in [7, 11) is 1.95. The van der Waals surface area contributed by atoms with Crippen LogP contribution in [0.15, 0.2) is 42.7 Å². The number of benzene rings is 1. The lowest BCUT2D eigenvalue weighted by Gasteiger charge is -2.21. The number of nitrogens with zero attached hydrogens (tertiary/aromatic N) is 2. The predicted molar refractivity (Wildman–Crippen MR) is 68.2 cm³/mol. The molecule has 1 aromatic carbocycles. The summed E-state index contributed by atoms with van der Waals surface area (Å²) in [5, 5.41) is 0.643. The second-order valence-corrected chi connectivity index (χ2v) is 3.90. The maximum Gasteiger partial charge on any atom is 0.0642 e. The molecule has 0 unspecified atom stereocenters. The number of hydrogen-bond acceptors (Lipinski definition) is 3. The second-order valence-electron chi connectivity index (χ2n) is 3.47. The lowest BCUT2D eigenvalue weighted by atomic mass is 10.2. The topological polar surface area (TPSA) is 42.2 Å². The molecule has 2 rings (SSSR count). The molecule has 0 radical (unpaired) electrons. The van der Waals surface area contributed by atoms with Crippen LogP contribution in [0, 0.1) is 0 Å². The normalized spacial score (nSPS) is 10.1. The van der Waals surface area contributed by atoms with E-state index in [9.17, 15) is 0 Å². The Morgan fingerprint density at radius 1 is 1.19 bits per heavy atom. The maximum atomic E-state index is 5.92. The number of aromatic nitrogens is 1. The average molecular weight is 234 g/mol. The van der Waals surface area contributed by atoms with Gasteiger partial charge in [0.05, 0.1) is 11.4 Å². The Bertz CT molecular complexity index is 485. The number of pyridine rings is 1. The third-order valence-corrected chi connectivity index (χ3v) is 2.64.